The van der Waals surface area contributed by atoms with Crippen LogP contribution in [0.25, 0.3) is 77.2 Å². The Morgan fingerprint density at radius 1 is 0.200 bits per heavy atom. The first-order valence-corrected chi connectivity index (χ1v) is 23.9. The Kier molecular flexibility index (Phi) is 10.1. The van der Waals surface area contributed by atoms with Crippen molar-refractivity contribution in [2.45, 2.75) is 0 Å². The summed E-state index contributed by atoms with van der Waals surface area (Å²) >= 11 is 0. The van der Waals surface area contributed by atoms with Crippen molar-refractivity contribution in [1.82, 2.24) is 9.13 Å². The normalized spacial score (nSPS) is 11.4. The molecule has 0 aliphatic rings. The van der Waals surface area contributed by atoms with Crippen LogP contribution >= 0.6 is 0 Å². The smallest absolute Gasteiger partial charge is 0.0542 e. The van der Waals surface area contributed by atoms with Crippen molar-refractivity contribution < 1.29 is 0 Å². The van der Waals surface area contributed by atoms with E-state index in [9.17, 15) is 0 Å². The summed E-state index contributed by atoms with van der Waals surface area (Å²) in [7, 11) is 0. The highest BCUT2D eigenvalue weighted by molar-refractivity contribution is 6.12. The minimum absolute atomic E-state index is 1.05. The molecule has 0 saturated carbocycles. The fraction of sp³-hybridized carbons (Fsp3) is 0. The van der Waals surface area contributed by atoms with E-state index in [2.05, 4.69) is 298 Å². The molecule has 0 spiro atoms. The molecule has 330 valence electrons. The Bertz CT molecular complexity index is 3790. The van der Waals surface area contributed by atoms with Crippen molar-refractivity contribution in [3.05, 3.63) is 279 Å². The van der Waals surface area contributed by atoms with E-state index in [1.54, 1.807) is 0 Å². The Morgan fingerprint density at radius 3 is 0.957 bits per heavy atom. The van der Waals surface area contributed by atoms with E-state index in [0.29, 0.717) is 0 Å². The lowest BCUT2D eigenvalue weighted by atomic mass is 10.0. The molecular weight excluding hydrogens is 849 g/mol. The molecule has 4 heteroatoms. The minimum Gasteiger partial charge on any atom is -0.310 e. The maximum absolute atomic E-state index is 2.46. The van der Waals surface area contributed by atoms with Crippen molar-refractivity contribution >= 4 is 77.7 Å². The van der Waals surface area contributed by atoms with Gasteiger partial charge in [-0.3, -0.25) is 0 Å². The van der Waals surface area contributed by atoms with E-state index in [0.717, 1.165) is 56.5 Å². The first-order chi connectivity index (χ1) is 34.7. The molecule has 13 rings (SSSR count). The summed E-state index contributed by atoms with van der Waals surface area (Å²) in [6, 6.07) is 101. The van der Waals surface area contributed by atoms with E-state index in [1.807, 2.05) is 0 Å². The molecule has 0 atom stereocenters. The number of rotatable bonds is 10. The maximum atomic E-state index is 2.46. The lowest BCUT2D eigenvalue weighted by Gasteiger charge is -2.27. The van der Waals surface area contributed by atoms with Gasteiger partial charge in [0.05, 0.1) is 39.1 Å². The molecule has 0 saturated heterocycles. The number of anilines is 6. The number of para-hydroxylation sites is 5. The molecule has 13 aromatic rings. The van der Waals surface area contributed by atoms with Crippen molar-refractivity contribution in [3.63, 3.8) is 0 Å². The highest BCUT2D eigenvalue weighted by atomic mass is 15.2. The number of nitrogens with zero attached hydrogens (tertiary/aromatic N) is 4. The van der Waals surface area contributed by atoms with Crippen molar-refractivity contribution in [1.29, 1.82) is 0 Å². The van der Waals surface area contributed by atoms with Gasteiger partial charge in [0.25, 0.3) is 0 Å². The van der Waals surface area contributed by atoms with Gasteiger partial charge in [0.15, 0.2) is 0 Å². The summed E-state index contributed by atoms with van der Waals surface area (Å²) in [6.07, 6.45) is 0. The van der Waals surface area contributed by atoms with Gasteiger partial charge in [-0.15, -0.1) is 0 Å². The lowest BCUT2D eigenvalue weighted by molar-refractivity contribution is 1.12. The SMILES string of the molecule is c1ccc(-c2ccc(N(c3ccc(-c4ccccc4)cc3)c3ccc4c(c3)c3ccccc3n4-c3cc(N(c4ccccc4)c4ccccc4)cc(-n4c5ccccc5c5ccccc54)c3)cc2)cc1. The number of hydrogen-bond donors (Lipinski definition) is 0. The first-order valence-electron chi connectivity index (χ1n) is 23.9. The highest BCUT2D eigenvalue weighted by Gasteiger charge is 2.22. The van der Waals surface area contributed by atoms with Crippen LogP contribution in [0.3, 0.4) is 0 Å². The summed E-state index contributed by atoms with van der Waals surface area (Å²) in [4.78, 5) is 4.75. The third kappa shape index (κ3) is 7.18. The Labute approximate surface area is 407 Å². The molecule has 0 N–H and O–H groups in total. The van der Waals surface area contributed by atoms with E-state index in [-0.39, 0.29) is 0 Å². The molecule has 0 aliphatic heterocycles. The van der Waals surface area contributed by atoms with Gasteiger partial charge in [-0.25, -0.2) is 0 Å². The van der Waals surface area contributed by atoms with Crippen LogP contribution in [-0.4, -0.2) is 9.13 Å². The summed E-state index contributed by atoms with van der Waals surface area (Å²) in [5.41, 5.74) is 18.0. The molecule has 0 unspecified atom stereocenters. The highest BCUT2D eigenvalue weighted by Crippen LogP contribution is 2.44. The van der Waals surface area contributed by atoms with Crippen LogP contribution in [0.5, 0.6) is 0 Å². The average Bonchev–Trinajstić information content (AvgIpc) is 3.95. The van der Waals surface area contributed by atoms with E-state index in [1.165, 1.54) is 54.8 Å². The molecular formula is C66H46N4. The van der Waals surface area contributed by atoms with Gasteiger partial charge in [-0.1, -0.05) is 176 Å². The zero-order chi connectivity index (χ0) is 46.4. The number of aromatic nitrogens is 2. The number of hydrogen-bond acceptors (Lipinski definition) is 2. The fourth-order valence-electron chi connectivity index (χ4n) is 10.5. The van der Waals surface area contributed by atoms with E-state index >= 15 is 0 Å². The fourth-order valence-corrected chi connectivity index (χ4v) is 10.5. The molecule has 0 aliphatic carbocycles. The maximum Gasteiger partial charge on any atom is 0.0542 e. The van der Waals surface area contributed by atoms with Gasteiger partial charge in [0.2, 0.25) is 0 Å². The zero-order valence-electron chi connectivity index (χ0n) is 38.3. The third-order valence-corrected chi connectivity index (χ3v) is 13.7. The van der Waals surface area contributed by atoms with E-state index in [4.69, 9.17) is 0 Å². The molecule has 0 radical (unpaired) electrons. The first kappa shape index (κ1) is 40.9. The van der Waals surface area contributed by atoms with Crippen LogP contribution in [0.15, 0.2) is 279 Å². The van der Waals surface area contributed by atoms with Crippen molar-refractivity contribution in [2.24, 2.45) is 0 Å². The van der Waals surface area contributed by atoms with Gasteiger partial charge in [0.1, 0.15) is 0 Å². The van der Waals surface area contributed by atoms with Gasteiger partial charge in [0, 0.05) is 50.0 Å². The van der Waals surface area contributed by atoms with Gasteiger partial charge < -0.3 is 18.9 Å². The summed E-state index contributed by atoms with van der Waals surface area (Å²) in [5.74, 6) is 0. The quantitative estimate of drug-likeness (QED) is 0.136. The second-order valence-corrected chi connectivity index (χ2v) is 17.8. The monoisotopic (exact) mass is 894 g/mol. The van der Waals surface area contributed by atoms with Crippen molar-refractivity contribution in [3.8, 4) is 33.6 Å². The average molecular weight is 895 g/mol. The number of fused-ring (bicyclic) bond motifs is 6. The van der Waals surface area contributed by atoms with Crippen LogP contribution in [0, 0.1) is 0 Å². The van der Waals surface area contributed by atoms with Crippen LogP contribution in [0.1, 0.15) is 0 Å². The van der Waals surface area contributed by atoms with Gasteiger partial charge in [-0.05, 0) is 125 Å². The minimum atomic E-state index is 1.05. The molecule has 0 amide bonds. The molecule has 2 aromatic heterocycles. The molecule has 0 bridgehead atoms. The predicted octanol–water partition coefficient (Wildman–Crippen LogP) is 18.2. The topological polar surface area (TPSA) is 16.3 Å². The summed E-state index contributed by atoms with van der Waals surface area (Å²) in [5, 5.41) is 4.81. The second-order valence-electron chi connectivity index (χ2n) is 17.8. The Balaban J connectivity index is 1.03. The number of benzene rings is 11. The Morgan fingerprint density at radius 2 is 0.514 bits per heavy atom. The van der Waals surface area contributed by atoms with Crippen LogP contribution < -0.4 is 9.80 Å². The molecule has 2 heterocycles. The lowest BCUT2D eigenvalue weighted by Crippen LogP contribution is -2.11. The summed E-state index contributed by atoms with van der Waals surface area (Å²) in [6.45, 7) is 0. The van der Waals surface area contributed by atoms with E-state index < -0.39 is 0 Å². The van der Waals surface area contributed by atoms with Crippen LogP contribution in [0.2, 0.25) is 0 Å². The van der Waals surface area contributed by atoms with Gasteiger partial charge in [-0.2, -0.15) is 0 Å². The summed E-state index contributed by atoms with van der Waals surface area (Å²) < 4.78 is 4.89. The zero-order valence-corrected chi connectivity index (χ0v) is 38.3. The van der Waals surface area contributed by atoms with Crippen molar-refractivity contribution in [2.75, 3.05) is 9.80 Å². The molecule has 11 aromatic carbocycles. The van der Waals surface area contributed by atoms with Crippen LogP contribution in [-0.2, 0) is 0 Å². The standard InChI is InChI=1S/C66H46N4/c1-5-19-47(20-6-1)49-33-37-53(38-34-49)67(54-39-35-50(36-40-54)48-21-7-2-8-22-48)55-41-42-66-62(46-55)61-29-15-18-32-65(61)70(66)58-44-56(68(51-23-9-3-10-24-51)52-25-11-4-12-26-52)43-57(45-58)69-63-30-16-13-27-59(63)60-28-14-17-31-64(60)69/h1-46H. The predicted molar refractivity (Wildman–Crippen MR) is 295 cm³/mol. The molecule has 0 fully saturated rings. The second kappa shape index (κ2) is 17.4. The molecule has 4 nitrogen and oxygen atoms in total. The van der Waals surface area contributed by atoms with Gasteiger partial charge >= 0.3 is 0 Å². The largest absolute Gasteiger partial charge is 0.310 e. The Hall–Kier alpha value is -9.38. The van der Waals surface area contributed by atoms with Crippen LogP contribution in [0.4, 0.5) is 34.1 Å². The third-order valence-electron chi connectivity index (χ3n) is 13.7. The molecule has 70 heavy (non-hydrogen) atoms.